The molecule has 0 saturated heterocycles. The number of carbonyl (C=O) groups excluding carboxylic acids is 4. The van der Waals surface area contributed by atoms with E-state index in [1.807, 2.05) is 12.5 Å². The first-order valence-corrected chi connectivity index (χ1v) is 13.1. The Morgan fingerprint density at radius 2 is 1.36 bits per heavy atom. The number of carbonyl (C=O) groups is 5. The first-order valence-electron chi connectivity index (χ1n) is 10.3. The average molecular weight is 510 g/mol. The number of hydrogen-bond acceptors (Lipinski definition) is 9. The SMILES string of the molecule is CSCCC(NC(=O)C(CCSC)NC(=O)C(NC(=O)C(N)CCC(N)=O)C(C)O)C(=O)O. The van der Waals surface area contributed by atoms with Gasteiger partial charge >= 0.3 is 5.97 Å². The van der Waals surface area contributed by atoms with E-state index in [1.54, 1.807) is 0 Å². The van der Waals surface area contributed by atoms with Crippen molar-refractivity contribution in [3.05, 3.63) is 0 Å². The zero-order valence-electron chi connectivity index (χ0n) is 19.0. The molecule has 0 bridgehead atoms. The van der Waals surface area contributed by atoms with Gasteiger partial charge in [-0.1, -0.05) is 0 Å². The summed E-state index contributed by atoms with van der Waals surface area (Å²) in [5, 5.41) is 26.6. The number of rotatable bonds is 17. The summed E-state index contributed by atoms with van der Waals surface area (Å²) in [4.78, 5) is 60.1. The molecule has 0 aromatic heterocycles. The second kappa shape index (κ2) is 16.6. The van der Waals surface area contributed by atoms with Crippen molar-refractivity contribution < 1.29 is 34.2 Å². The predicted octanol–water partition coefficient (Wildman–Crippen LogP) is -1.99. The first-order chi connectivity index (χ1) is 15.4. The number of aliphatic carboxylic acids is 1. The van der Waals surface area contributed by atoms with Crippen LogP contribution in [0.3, 0.4) is 0 Å². The average Bonchev–Trinajstić information content (AvgIpc) is 2.74. The largest absolute Gasteiger partial charge is 0.480 e. The van der Waals surface area contributed by atoms with Crippen LogP contribution in [-0.4, -0.2) is 94.1 Å². The topological polar surface area (TPSA) is 214 Å². The molecule has 0 aliphatic carbocycles. The van der Waals surface area contributed by atoms with Crippen molar-refractivity contribution in [1.82, 2.24) is 16.0 Å². The molecule has 4 amide bonds. The number of aliphatic hydroxyl groups is 1. The molecule has 14 heteroatoms. The van der Waals surface area contributed by atoms with Crippen LogP contribution in [0.25, 0.3) is 0 Å². The van der Waals surface area contributed by atoms with Crippen molar-refractivity contribution in [2.75, 3.05) is 24.0 Å². The summed E-state index contributed by atoms with van der Waals surface area (Å²) >= 11 is 2.86. The van der Waals surface area contributed by atoms with E-state index in [4.69, 9.17) is 11.5 Å². The van der Waals surface area contributed by atoms with Gasteiger partial charge in [-0.2, -0.15) is 23.5 Å². The number of hydrogen-bond donors (Lipinski definition) is 7. The molecule has 33 heavy (non-hydrogen) atoms. The molecule has 0 aromatic carbocycles. The summed E-state index contributed by atoms with van der Waals surface area (Å²) in [6.45, 7) is 1.28. The number of nitrogens with one attached hydrogen (secondary N) is 3. The minimum atomic E-state index is -1.42. The van der Waals surface area contributed by atoms with Crippen LogP contribution in [0.2, 0.25) is 0 Å². The fourth-order valence-electron chi connectivity index (χ4n) is 2.63. The minimum absolute atomic E-state index is 0.0410. The summed E-state index contributed by atoms with van der Waals surface area (Å²) in [5.41, 5.74) is 10.7. The van der Waals surface area contributed by atoms with Crippen molar-refractivity contribution in [2.24, 2.45) is 11.5 Å². The van der Waals surface area contributed by atoms with E-state index in [0.717, 1.165) is 0 Å². The molecule has 0 rings (SSSR count). The first kappa shape index (κ1) is 31.0. The monoisotopic (exact) mass is 509 g/mol. The van der Waals surface area contributed by atoms with E-state index < -0.39 is 59.9 Å². The van der Waals surface area contributed by atoms with E-state index in [2.05, 4.69) is 16.0 Å². The molecule has 12 nitrogen and oxygen atoms in total. The normalized spacial score (nSPS) is 15.4. The van der Waals surface area contributed by atoms with Crippen LogP contribution in [0.1, 0.15) is 32.6 Å². The molecule has 0 radical (unpaired) electrons. The van der Waals surface area contributed by atoms with Gasteiger partial charge in [-0.05, 0) is 50.2 Å². The molecular weight excluding hydrogens is 474 g/mol. The highest BCUT2D eigenvalue weighted by molar-refractivity contribution is 7.98. The summed E-state index contributed by atoms with van der Waals surface area (Å²) in [5.74, 6) is -3.10. The van der Waals surface area contributed by atoms with Crippen LogP contribution in [0.5, 0.6) is 0 Å². The summed E-state index contributed by atoms with van der Waals surface area (Å²) in [6, 6.07) is -4.75. The maximum atomic E-state index is 12.8. The van der Waals surface area contributed by atoms with E-state index in [9.17, 15) is 34.2 Å². The molecule has 0 heterocycles. The van der Waals surface area contributed by atoms with Gasteiger partial charge in [0.1, 0.15) is 18.1 Å². The molecule has 0 aliphatic rings. The number of amides is 4. The van der Waals surface area contributed by atoms with Gasteiger partial charge in [-0.25, -0.2) is 4.79 Å². The highest BCUT2D eigenvalue weighted by Gasteiger charge is 2.32. The van der Waals surface area contributed by atoms with Gasteiger partial charge in [0, 0.05) is 6.42 Å². The molecule has 5 atom stereocenters. The van der Waals surface area contributed by atoms with Crippen LogP contribution < -0.4 is 27.4 Å². The van der Waals surface area contributed by atoms with Gasteiger partial charge in [-0.15, -0.1) is 0 Å². The van der Waals surface area contributed by atoms with Gasteiger partial charge in [0.25, 0.3) is 0 Å². The number of carboxylic acids is 1. The van der Waals surface area contributed by atoms with Crippen LogP contribution in [0.4, 0.5) is 0 Å². The Hall–Kier alpha value is -2.03. The van der Waals surface area contributed by atoms with Crippen molar-refractivity contribution in [3.63, 3.8) is 0 Å². The Kier molecular flexibility index (Phi) is 15.5. The lowest BCUT2D eigenvalue weighted by Crippen LogP contribution is -2.59. The Balaban J connectivity index is 5.31. The molecule has 0 saturated carbocycles. The fraction of sp³-hybridized carbons (Fsp3) is 0.737. The van der Waals surface area contributed by atoms with Gasteiger partial charge < -0.3 is 37.6 Å². The Labute approximate surface area is 201 Å². The lowest BCUT2D eigenvalue weighted by Gasteiger charge is -2.26. The zero-order valence-corrected chi connectivity index (χ0v) is 20.7. The Bertz CT molecular complexity index is 681. The van der Waals surface area contributed by atoms with Crippen LogP contribution in [-0.2, 0) is 24.0 Å². The van der Waals surface area contributed by atoms with Crippen LogP contribution in [0.15, 0.2) is 0 Å². The van der Waals surface area contributed by atoms with Crippen molar-refractivity contribution in [2.45, 2.75) is 62.9 Å². The third-order valence-electron chi connectivity index (χ3n) is 4.57. The van der Waals surface area contributed by atoms with Gasteiger partial charge in [-0.3, -0.25) is 19.2 Å². The van der Waals surface area contributed by atoms with Crippen molar-refractivity contribution in [3.8, 4) is 0 Å². The number of thioether (sulfide) groups is 2. The van der Waals surface area contributed by atoms with Crippen molar-refractivity contribution >= 4 is 53.1 Å². The van der Waals surface area contributed by atoms with E-state index in [0.29, 0.717) is 11.5 Å². The lowest BCUT2D eigenvalue weighted by atomic mass is 10.1. The van der Waals surface area contributed by atoms with Gasteiger partial charge in [0.15, 0.2) is 0 Å². The highest BCUT2D eigenvalue weighted by Crippen LogP contribution is 2.06. The molecule has 0 aromatic rings. The number of carboxylic acid groups (broad SMARTS) is 1. The summed E-state index contributed by atoms with van der Waals surface area (Å²) in [6.07, 6.45) is 2.54. The number of primary amides is 1. The molecule has 0 aliphatic heterocycles. The second-order valence-corrected chi connectivity index (χ2v) is 9.33. The smallest absolute Gasteiger partial charge is 0.326 e. The van der Waals surface area contributed by atoms with Crippen LogP contribution in [0, 0.1) is 0 Å². The summed E-state index contributed by atoms with van der Waals surface area (Å²) in [7, 11) is 0. The van der Waals surface area contributed by atoms with Gasteiger partial charge in [0.2, 0.25) is 23.6 Å². The Morgan fingerprint density at radius 3 is 1.82 bits per heavy atom. The van der Waals surface area contributed by atoms with Crippen LogP contribution >= 0.6 is 23.5 Å². The second-order valence-electron chi connectivity index (χ2n) is 7.36. The third-order valence-corrected chi connectivity index (χ3v) is 5.86. The Morgan fingerprint density at radius 1 is 0.848 bits per heavy atom. The van der Waals surface area contributed by atoms with E-state index in [-0.39, 0.29) is 25.7 Å². The minimum Gasteiger partial charge on any atom is -0.480 e. The maximum Gasteiger partial charge on any atom is 0.326 e. The van der Waals surface area contributed by atoms with Crippen molar-refractivity contribution in [1.29, 1.82) is 0 Å². The number of aliphatic hydroxyl groups excluding tert-OH is 1. The molecule has 190 valence electrons. The fourth-order valence-corrected chi connectivity index (χ4v) is 3.57. The molecule has 5 unspecified atom stereocenters. The van der Waals surface area contributed by atoms with Gasteiger partial charge in [0.05, 0.1) is 12.1 Å². The maximum absolute atomic E-state index is 12.8. The standard InChI is InChI=1S/C19H35N5O7S2/c1-10(25)15(24-16(27)11(20)4-5-14(21)26)18(29)22-12(6-8-32-2)17(28)23-13(19(30)31)7-9-33-3/h10-13,15,25H,4-9,20H2,1-3H3,(H2,21,26)(H,22,29)(H,23,28)(H,24,27)(H,30,31). The third kappa shape index (κ3) is 12.7. The number of nitrogens with two attached hydrogens (primary N) is 2. The summed E-state index contributed by atoms with van der Waals surface area (Å²) < 4.78 is 0. The highest BCUT2D eigenvalue weighted by atomic mass is 32.2. The zero-order chi connectivity index (χ0) is 25.6. The molecule has 9 N–H and O–H groups in total. The van der Waals surface area contributed by atoms with E-state index in [1.165, 1.54) is 30.4 Å². The molecule has 0 fully saturated rings. The molecule has 0 spiro atoms. The lowest BCUT2D eigenvalue weighted by molar-refractivity contribution is -0.142. The molecular formula is C19H35N5O7S2. The predicted molar refractivity (Wildman–Crippen MR) is 128 cm³/mol. The quantitative estimate of drug-likeness (QED) is 0.114. The van der Waals surface area contributed by atoms with E-state index >= 15 is 0 Å².